The third kappa shape index (κ3) is 3.84. The van der Waals surface area contributed by atoms with Gasteiger partial charge in [0.25, 0.3) is 0 Å². The third-order valence-electron chi connectivity index (χ3n) is 5.09. The number of piperazine rings is 1. The van der Waals surface area contributed by atoms with Gasteiger partial charge in [-0.15, -0.1) is 0 Å². The van der Waals surface area contributed by atoms with Gasteiger partial charge in [0.05, 0.1) is 13.7 Å². The van der Waals surface area contributed by atoms with E-state index in [1.54, 1.807) is 7.11 Å². The summed E-state index contributed by atoms with van der Waals surface area (Å²) in [4.78, 5) is 9.57. The smallest absolute Gasteiger partial charge is 0.241 e. The average molecular weight is 343 g/mol. The van der Waals surface area contributed by atoms with Gasteiger partial charge >= 0.3 is 0 Å². The highest BCUT2D eigenvalue weighted by Gasteiger charge is 2.29. The first kappa shape index (κ1) is 16.5. The molecule has 25 heavy (non-hydrogen) atoms. The van der Waals surface area contributed by atoms with E-state index in [2.05, 4.69) is 25.3 Å². The van der Waals surface area contributed by atoms with Crippen molar-refractivity contribution >= 4 is 0 Å². The van der Waals surface area contributed by atoms with Crippen LogP contribution in [-0.2, 0) is 6.54 Å². The topological polar surface area (TPSA) is 66.7 Å². The Bertz CT molecular complexity index is 681. The summed E-state index contributed by atoms with van der Waals surface area (Å²) in [6, 6.07) is 8.37. The van der Waals surface area contributed by atoms with Crippen molar-refractivity contribution < 1.29 is 9.26 Å². The lowest BCUT2D eigenvalue weighted by Gasteiger charge is -2.32. The highest BCUT2D eigenvalue weighted by Crippen LogP contribution is 2.22. The molecule has 134 valence electrons. The molecule has 1 atom stereocenters. The number of ether oxygens (including phenoxy) is 1. The summed E-state index contributed by atoms with van der Waals surface area (Å²) in [5.74, 6) is 2.14. The highest BCUT2D eigenvalue weighted by molar-refractivity contribution is 5.55. The third-order valence-corrected chi connectivity index (χ3v) is 5.09. The SMILES string of the molecule is COc1ccc(-c2noc(CN3CCC(N4CCNCC4)C3)n2)cc1. The molecule has 0 saturated carbocycles. The molecule has 0 radical (unpaired) electrons. The maximum Gasteiger partial charge on any atom is 0.241 e. The predicted molar refractivity (Wildman–Crippen MR) is 94.4 cm³/mol. The Morgan fingerprint density at radius 2 is 2.00 bits per heavy atom. The molecule has 2 aromatic rings. The quantitative estimate of drug-likeness (QED) is 0.876. The van der Waals surface area contributed by atoms with Crippen LogP contribution in [0.25, 0.3) is 11.4 Å². The summed E-state index contributed by atoms with van der Waals surface area (Å²) in [6.07, 6.45) is 1.22. The second kappa shape index (κ2) is 7.51. The van der Waals surface area contributed by atoms with Gasteiger partial charge in [-0.3, -0.25) is 9.80 Å². The second-order valence-corrected chi connectivity index (χ2v) is 6.70. The van der Waals surface area contributed by atoms with Crippen molar-refractivity contribution in [3.05, 3.63) is 30.2 Å². The Balaban J connectivity index is 1.35. The van der Waals surface area contributed by atoms with E-state index in [1.807, 2.05) is 24.3 Å². The van der Waals surface area contributed by atoms with Crippen molar-refractivity contribution in [1.82, 2.24) is 25.3 Å². The minimum Gasteiger partial charge on any atom is -0.497 e. The number of nitrogens with zero attached hydrogens (tertiary/aromatic N) is 4. The largest absolute Gasteiger partial charge is 0.497 e. The van der Waals surface area contributed by atoms with E-state index in [-0.39, 0.29) is 0 Å². The number of likely N-dealkylation sites (tertiary alicyclic amines) is 1. The number of nitrogens with one attached hydrogen (secondary N) is 1. The monoisotopic (exact) mass is 343 g/mol. The van der Waals surface area contributed by atoms with E-state index in [0.29, 0.717) is 17.8 Å². The van der Waals surface area contributed by atoms with E-state index < -0.39 is 0 Å². The molecule has 1 aromatic carbocycles. The van der Waals surface area contributed by atoms with Crippen molar-refractivity contribution in [2.75, 3.05) is 46.4 Å². The molecule has 0 amide bonds. The van der Waals surface area contributed by atoms with E-state index in [0.717, 1.165) is 57.1 Å². The van der Waals surface area contributed by atoms with Crippen molar-refractivity contribution in [3.63, 3.8) is 0 Å². The molecule has 1 N–H and O–H groups in total. The minimum atomic E-state index is 0.635. The van der Waals surface area contributed by atoms with Crippen LogP contribution in [0.1, 0.15) is 12.3 Å². The summed E-state index contributed by atoms with van der Waals surface area (Å²) >= 11 is 0. The first-order chi connectivity index (χ1) is 12.3. The van der Waals surface area contributed by atoms with Crippen LogP contribution in [0.5, 0.6) is 5.75 Å². The molecule has 0 bridgehead atoms. The van der Waals surface area contributed by atoms with Gasteiger partial charge in [0.2, 0.25) is 11.7 Å². The van der Waals surface area contributed by atoms with Gasteiger partial charge in [-0.2, -0.15) is 4.98 Å². The van der Waals surface area contributed by atoms with Crippen molar-refractivity contribution in [1.29, 1.82) is 0 Å². The summed E-state index contributed by atoms with van der Waals surface area (Å²) in [6.45, 7) is 7.42. The first-order valence-corrected chi connectivity index (χ1v) is 8.96. The molecule has 7 heteroatoms. The second-order valence-electron chi connectivity index (χ2n) is 6.70. The molecule has 7 nitrogen and oxygen atoms in total. The Kier molecular flexibility index (Phi) is 4.96. The lowest BCUT2D eigenvalue weighted by molar-refractivity contribution is 0.167. The van der Waals surface area contributed by atoms with Crippen LogP contribution in [0, 0.1) is 0 Å². The first-order valence-electron chi connectivity index (χ1n) is 8.96. The van der Waals surface area contributed by atoms with Crippen LogP contribution in [0.2, 0.25) is 0 Å². The van der Waals surface area contributed by atoms with Gasteiger partial charge in [-0.25, -0.2) is 0 Å². The molecule has 1 unspecified atom stereocenters. The summed E-state index contributed by atoms with van der Waals surface area (Å²) in [5.41, 5.74) is 0.941. The Morgan fingerprint density at radius 1 is 1.20 bits per heavy atom. The Hall–Kier alpha value is -1.96. The lowest BCUT2D eigenvalue weighted by Crippen LogP contribution is -2.49. The Morgan fingerprint density at radius 3 is 2.76 bits per heavy atom. The molecule has 0 spiro atoms. The van der Waals surface area contributed by atoms with E-state index >= 15 is 0 Å². The maximum absolute atomic E-state index is 5.46. The fourth-order valence-electron chi connectivity index (χ4n) is 3.67. The summed E-state index contributed by atoms with van der Waals surface area (Å²) in [7, 11) is 1.66. The number of aromatic nitrogens is 2. The van der Waals surface area contributed by atoms with Crippen molar-refractivity contribution in [2.45, 2.75) is 19.0 Å². The molecule has 2 fully saturated rings. The predicted octanol–water partition coefficient (Wildman–Crippen LogP) is 1.22. The van der Waals surface area contributed by atoms with Gasteiger partial charge in [0.1, 0.15) is 5.75 Å². The molecule has 2 aliphatic rings. The number of rotatable bonds is 5. The zero-order valence-corrected chi connectivity index (χ0v) is 14.6. The molecule has 1 aromatic heterocycles. The van der Waals surface area contributed by atoms with Crippen LogP contribution in [0.3, 0.4) is 0 Å². The van der Waals surface area contributed by atoms with Gasteiger partial charge in [-0.1, -0.05) is 5.16 Å². The van der Waals surface area contributed by atoms with Gasteiger partial charge in [0.15, 0.2) is 0 Å². The molecule has 0 aliphatic carbocycles. The molecular formula is C18H25N5O2. The van der Waals surface area contributed by atoms with E-state index in [4.69, 9.17) is 9.26 Å². The molecular weight excluding hydrogens is 318 g/mol. The number of hydrogen-bond donors (Lipinski definition) is 1. The minimum absolute atomic E-state index is 0.635. The lowest BCUT2D eigenvalue weighted by atomic mass is 10.2. The van der Waals surface area contributed by atoms with Crippen LogP contribution < -0.4 is 10.1 Å². The van der Waals surface area contributed by atoms with Crippen molar-refractivity contribution in [2.24, 2.45) is 0 Å². The number of methoxy groups -OCH3 is 1. The standard InChI is InChI=1S/C18H25N5O2/c1-24-16-4-2-14(3-5-16)18-20-17(25-21-18)13-22-9-6-15(12-22)23-10-7-19-8-11-23/h2-5,15,19H,6-13H2,1H3. The van der Waals surface area contributed by atoms with Crippen molar-refractivity contribution in [3.8, 4) is 17.1 Å². The fourth-order valence-corrected chi connectivity index (χ4v) is 3.67. The molecule has 3 heterocycles. The number of hydrogen-bond acceptors (Lipinski definition) is 7. The molecule has 4 rings (SSSR count). The highest BCUT2D eigenvalue weighted by atomic mass is 16.5. The summed E-state index contributed by atoms with van der Waals surface area (Å²) in [5, 5.41) is 7.54. The van der Waals surface area contributed by atoms with Crippen LogP contribution in [-0.4, -0.2) is 72.4 Å². The molecule has 2 aliphatic heterocycles. The maximum atomic E-state index is 5.46. The van der Waals surface area contributed by atoms with Gasteiger partial charge < -0.3 is 14.6 Å². The zero-order chi connectivity index (χ0) is 17.1. The van der Waals surface area contributed by atoms with E-state index in [1.165, 1.54) is 6.42 Å². The number of benzene rings is 1. The zero-order valence-electron chi connectivity index (χ0n) is 14.6. The summed E-state index contributed by atoms with van der Waals surface area (Å²) < 4.78 is 10.6. The normalized spacial score (nSPS) is 22.4. The molecule has 2 saturated heterocycles. The average Bonchev–Trinajstić information content (AvgIpc) is 3.33. The fraction of sp³-hybridized carbons (Fsp3) is 0.556. The van der Waals surface area contributed by atoms with E-state index in [9.17, 15) is 0 Å². The van der Waals surface area contributed by atoms with Crippen LogP contribution >= 0.6 is 0 Å². The van der Waals surface area contributed by atoms with Crippen LogP contribution in [0.15, 0.2) is 28.8 Å². The van der Waals surface area contributed by atoms with Gasteiger partial charge in [0, 0.05) is 50.9 Å². The van der Waals surface area contributed by atoms with Gasteiger partial charge in [-0.05, 0) is 30.7 Å². The Labute approximate surface area is 147 Å². The van der Waals surface area contributed by atoms with Crippen LogP contribution in [0.4, 0.5) is 0 Å².